The number of hydrogen-bond acceptors (Lipinski definition) is 5. The summed E-state index contributed by atoms with van der Waals surface area (Å²) < 4.78 is 0. The molecule has 1 aliphatic heterocycles. The SMILES string of the molecule is C1CSCN1.N[C@@H](CS)C(=O)O. The zero-order valence-corrected chi connectivity index (χ0v) is 8.40. The second-order valence-corrected chi connectivity index (χ2v) is 3.65. The van der Waals surface area contributed by atoms with Crippen LogP contribution in [0.5, 0.6) is 0 Å². The first-order chi connectivity index (χ1) is 5.68. The van der Waals surface area contributed by atoms with Crippen molar-refractivity contribution in [1.29, 1.82) is 0 Å². The summed E-state index contributed by atoms with van der Waals surface area (Å²) in [5.41, 5.74) is 4.94. The Morgan fingerprint density at radius 1 is 1.83 bits per heavy atom. The highest BCUT2D eigenvalue weighted by molar-refractivity contribution is 7.99. The minimum Gasteiger partial charge on any atom is -0.480 e. The van der Waals surface area contributed by atoms with E-state index in [-0.39, 0.29) is 5.75 Å². The first kappa shape index (κ1) is 12.1. The van der Waals surface area contributed by atoms with E-state index in [0.717, 1.165) is 0 Å². The van der Waals surface area contributed by atoms with Crippen molar-refractivity contribution in [3.05, 3.63) is 0 Å². The number of nitrogens with two attached hydrogens (primary N) is 1. The Balaban J connectivity index is 0.000000211. The number of carboxylic acid groups (broad SMARTS) is 1. The lowest BCUT2D eigenvalue weighted by Gasteiger charge is -1.96. The molecule has 6 heteroatoms. The van der Waals surface area contributed by atoms with Gasteiger partial charge in [-0.05, 0) is 0 Å². The molecule has 4 nitrogen and oxygen atoms in total. The molecule has 1 saturated heterocycles. The van der Waals surface area contributed by atoms with E-state index in [4.69, 9.17) is 10.8 Å². The quantitative estimate of drug-likeness (QED) is 0.467. The van der Waals surface area contributed by atoms with Crippen molar-refractivity contribution < 1.29 is 9.90 Å². The van der Waals surface area contributed by atoms with Crippen LogP contribution in [0.2, 0.25) is 0 Å². The van der Waals surface area contributed by atoms with E-state index in [1.54, 1.807) is 0 Å². The van der Waals surface area contributed by atoms with Crippen LogP contribution in [-0.4, -0.2) is 41.0 Å². The zero-order valence-electron chi connectivity index (χ0n) is 6.69. The summed E-state index contributed by atoms with van der Waals surface area (Å²) in [6.07, 6.45) is 0. The van der Waals surface area contributed by atoms with E-state index in [9.17, 15) is 4.79 Å². The average molecular weight is 210 g/mol. The van der Waals surface area contributed by atoms with Crippen molar-refractivity contribution >= 4 is 30.4 Å². The second-order valence-electron chi connectivity index (χ2n) is 2.18. The van der Waals surface area contributed by atoms with Gasteiger partial charge >= 0.3 is 5.97 Å². The van der Waals surface area contributed by atoms with Crippen molar-refractivity contribution in [2.45, 2.75) is 6.04 Å². The van der Waals surface area contributed by atoms with Gasteiger partial charge in [-0.1, -0.05) is 0 Å². The smallest absolute Gasteiger partial charge is 0.321 e. The van der Waals surface area contributed by atoms with Crippen LogP contribution in [0.4, 0.5) is 0 Å². The molecule has 0 radical (unpaired) electrons. The first-order valence-corrected chi connectivity index (χ1v) is 5.35. The monoisotopic (exact) mass is 210 g/mol. The number of aliphatic carboxylic acids is 1. The van der Waals surface area contributed by atoms with E-state index in [2.05, 4.69) is 17.9 Å². The number of carboxylic acids is 1. The maximum absolute atomic E-state index is 9.76. The zero-order chi connectivity index (χ0) is 9.40. The summed E-state index contributed by atoms with van der Waals surface area (Å²) in [5.74, 6) is 1.66. The summed E-state index contributed by atoms with van der Waals surface area (Å²) in [4.78, 5) is 9.76. The molecule has 0 aliphatic carbocycles. The molecule has 1 fully saturated rings. The third-order valence-electron chi connectivity index (χ3n) is 1.14. The lowest BCUT2D eigenvalue weighted by atomic mass is 10.4. The topological polar surface area (TPSA) is 75.3 Å². The maximum Gasteiger partial charge on any atom is 0.321 e. The van der Waals surface area contributed by atoms with Gasteiger partial charge in [0.15, 0.2) is 0 Å². The number of rotatable bonds is 2. The van der Waals surface area contributed by atoms with Gasteiger partial charge in [0.1, 0.15) is 6.04 Å². The molecule has 0 bridgehead atoms. The molecule has 12 heavy (non-hydrogen) atoms. The fraction of sp³-hybridized carbons (Fsp3) is 0.833. The Hall–Kier alpha value is 0.0900. The number of thiol groups is 1. The third-order valence-corrected chi connectivity index (χ3v) is 2.44. The molecule has 0 unspecified atom stereocenters. The summed E-state index contributed by atoms with van der Waals surface area (Å²) in [6, 6.07) is -0.816. The highest BCUT2D eigenvalue weighted by atomic mass is 32.2. The van der Waals surface area contributed by atoms with Gasteiger partial charge in [0.25, 0.3) is 0 Å². The summed E-state index contributed by atoms with van der Waals surface area (Å²) in [5, 5.41) is 11.2. The third kappa shape index (κ3) is 6.78. The molecule has 0 aromatic rings. The minimum absolute atomic E-state index is 0.190. The van der Waals surface area contributed by atoms with Gasteiger partial charge in [-0.25, -0.2) is 0 Å². The molecule has 0 saturated carbocycles. The first-order valence-electron chi connectivity index (χ1n) is 3.56. The van der Waals surface area contributed by atoms with Crippen LogP contribution < -0.4 is 11.1 Å². The average Bonchev–Trinajstić information content (AvgIpc) is 2.59. The van der Waals surface area contributed by atoms with Gasteiger partial charge in [-0.2, -0.15) is 12.6 Å². The van der Waals surface area contributed by atoms with Gasteiger partial charge in [0.2, 0.25) is 0 Å². The predicted molar refractivity (Wildman–Crippen MR) is 54.8 cm³/mol. The fourth-order valence-electron chi connectivity index (χ4n) is 0.439. The van der Waals surface area contributed by atoms with E-state index in [1.807, 2.05) is 11.8 Å². The predicted octanol–water partition coefficient (Wildman–Crippen LogP) is -0.392. The molecule has 0 aromatic heterocycles. The van der Waals surface area contributed by atoms with E-state index in [1.165, 1.54) is 18.2 Å². The minimum atomic E-state index is -1.00. The van der Waals surface area contributed by atoms with Crippen LogP contribution in [0.25, 0.3) is 0 Å². The van der Waals surface area contributed by atoms with Gasteiger partial charge in [-0.15, -0.1) is 11.8 Å². The maximum atomic E-state index is 9.76. The second kappa shape index (κ2) is 7.72. The normalized spacial score (nSPS) is 17.8. The van der Waals surface area contributed by atoms with Crippen LogP contribution in [0.3, 0.4) is 0 Å². The van der Waals surface area contributed by atoms with Crippen LogP contribution in [0.1, 0.15) is 0 Å². The van der Waals surface area contributed by atoms with Crippen LogP contribution in [0.15, 0.2) is 0 Å². The Morgan fingerprint density at radius 2 is 2.50 bits per heavy atom. The molecule has 1 aliphatic rings. The van der Waals surface area contributed by atoms with E-state index >= 15 is 0 Å². The number of hydrogen-bond donors (Lipinski definition) is 4. The molecule has 0 spiro atoms. The Bertz CT molecular complexity index is 123. The Labute approximate surface area is 81.7 Å². The van der Waals surface area contributed by atoms with Crippen molar-refractivity contribution in [2.75, 3.05) is 23.9 Å². The standard InChI is InChI=1S/C3H7NO2S.C3H7NS/c4-2(1-7)3(5)6;1-2-5-3-4-1/h2,7H,1,4H2,(H,5,6);4H,1-3H2/t2-;/m0./s1. The highest BCUT2D eigenvalue weighted by Crippen LogP contribution is 1.99. The number of thioether (sulfide) groups is 1. The molecule has 1 heterocycles. The molecular weight excluding hydrogens is 196 g/mol. The van der Waals surface area contributed by atoms with Crippen molar-refractivity contribution in [1.82, 2.24) is 5.32 Å². The van der Waals surface area contributed by atoms with Crippen molar-refractivity contribution in [3.8, 4) is 0 Å². The number of carbonyl (C=O) groups is 1. The largest absolute Gasteiger partial charge is 0.480 e. The molecular formula is C6H14N2O2S2. The van der Waals surface area contributed by atoms with Crippen molar-refractivity contribution in [3.63, 3.8) is 0 Å². The Kier molecular flexibility index (Phi) is 7.78. The molecule has 1 rings (SSSR count). The summed E-state index contributed by atoms with van der Waals surface area (Å²) in [7, 11) is 0. The Morgan fingerprint density at radius 3 is 2.58 bits per heavy atom. The molecule has 72 valence electrons. The van der Waals surface area contributed by atoms with Crippen LogP contribution >= 0.6 is 24.4 Å². The van der Waals surface area contributed by atoms with Gasteiger partial charge in [0.05, 0.1) is 0 Å². The van der Waals surface area contributed by atoms with Crippen LogP contribution in [0, 0.1) is 0 Å². The summed E-state index contributed by atoms with van der Waals surface area (Å²) >= 11 is 5.61. The number of nitrogens with one attached hydrogen (secondary N) is 1. The van der Waals surface area contributed by atoms with Crippen LogP contribution in [-0.2, 0) is 4.79 Å². The van der Waals surface area contributed by atoms with Gasteiger partial charge < -0.3 is 16.2 Å². The summed E-state index contributed by atoms with van der Waals surface area (Å²) in [6.45, 7) is 1.21. The fourth-order valence-corrected chi connectivity index (χ4v) is 1.32. The molecule has 0 aromatic carbocycles. The van der Waals surface area contributed by atoms with E-state index < -0.39 is 12.0 Å². The van der Waals surface area contributed by atoms with E-state index in [0.29, 0.717) is 0 Å². The lowest BCUT2D eigenvalue weighted by Crippen LogP contribution is -2.31. The van der Waals surface area contributed by atoms with Gasteiger partial charge in [0, 0.05) is 23.9 Å². The molecule has 1 atom stereocenters. The van der Waals surface area contributed by atoms with Crippen molar-refractivity contribution in [2.24, 2.45) is 5.73 Å². The molecule has 4 N–H and O–H groups in total. The van der Waals surface area contributed by atoms with Gasteiger partial charge in [-0.3, -0.25) is 4.79 Å². The lowest BCUT2D eigenvalue weighted by molar-refractivity contribution is -0.137. The highest BCUT2D eigenvalue weighted by Gasteiger charge is 2.06. The molecule has 0 amide bonds.